The topological polar surface area (TPSA) is 121 Å². The summed E-state index contributed by atoms with van der Waals surface area (Å²) in [6.45, 7) is 3.33. The molecule has 2 heterocycles. The number of nitro benzene ring substituents is 1. The second-order valence-electron chi connectivity index (χ2n) is 5.58. The molecule has 1 aromatic carbocycles. The summed E-state index contributed by atoms with van der Waals surface area (Å²) >= 11 is 5.97. The van der Waals surface area contributed by atoms with E-state index >= 15 is 0 Å². The fourth-order valence-corrected chi connectivity index (χ4v) is 2.45. The monoisotopic (exact) mass is 391 g/mol. The standard InChI is InChI=1S/C17H14ClN3O6/c1-9-16(10(2)27-20-9)19-17(22)14-6-4-12(26-14)8-25-15-7-11(21(23)24)3-5-13(15)18/h3-7H,8H2,1-2H3,(H,19,22). The molecule has 0 aliphatic heterocycles. The molecule has 140 valence electrons. The van der Waals surface area contributed by atoms with E-state index in [2.05, 4.69) is 10.5 Å². The molecule has 0 atom stereocenters. The number of nitrogens with zero attached hydrogens (tertiary/aromatic N) is 2. The third-order valence-electron chi connectivity index (χ3n) is 3.65. The van der Waals surface area contributed by atoms with E-state index in [0.29, 0.717) is 22.9 Å². The Labute approximate surface area is 158 Å². The van der Waals surface area contributed by atoms with Gasteiger partial charge in [-0.1, -0.05) is 16.8 Å². The molecule has 0 spiro atoms. The smallest absolute Gasteiger partial charge is 0.291 e. The number of carbonyl (C=O) groups is 1. The van der Waals surface area contributed by atoms with Gasteiger partial charge < -0.3 is 19.0 Å². The number of nitrogens with one attached hydrogen (secondary N) is 1. The first kappa shape index (κ1) is 18.5. The maximum Gasteiger partial charge on any atom is 0.291 e. The van der Waals surface area contributed by atoms with Crippen molar-refractivity contribution in [2.45, 2.75) is 20.5 Å². The minimum Gasteiger partial charge on any atom is -0.484 e. The van der Waals surface area contributed by atoms with Crippen LogP contribution in [0, 0.1) is 24.0 Å². The number of aromatic nitrogens is 1. The van der Waals surface area contributed by atoms with Crippen LogP contribution in [-0.2, 0) is 6.61 Å². The van der Waals surface area contributed by atoms with E-state index in [4.69, 9.17) is 25.3 Å². The second kappa shape index (κ2) is 7.50. The summed E-state index contributed by atoms with van der Waals surface area (Å²) in [4.78, 5) is 22.5. The van der Waals surface area contributed by atoms with Gasteiger partial charge in [-0.3, -0.25) is 14.9 Å². The van der Waals surface area contributed by atoms with Crippen LogP contribution in [0.2, 0.25) is 5.02 Å². The lowest BCUT2D eigenvalue weighted by atomic mass is 10.3. The SMILES string of the molecule is Cc1noc(C)c1NC(=O)c1ccc(COc2cc([N+](=O)[O-])ccc2Cl)o1. The van der Waals surface area contributed by atoms with Crippen molar-refractivity contribution in [1.82, 2.24) is 5.16 Å². The highest BCUT2D eigenvalue weighted by molar-refractivity contribution is 6.32. The molecule has 0 bridgehead atoms. The summed E-state index contributed by atoms with van der Waals surface area (Å²) in [5.74, 6) is 0.574. The highest BCUT2D eigenvalue weighted by atomic mass is 35.5. The normalized spacial score (nSPS) is 10.6. The number of halogens is 1. The maximum atomic E-state index is 12.3. The summed E-state index contributed by atoms with van der Waals surface area (Å²) in [7, 11) is 0. The summed E-state index contributed by atoms with van der Waals surface area (Å²) in [5, 5.41) is 17.5. The molecule has 0 radical (unpaired) electrons. The molecule has 3 aromatic rings. The Morgan fingerprint density at radius 1 is 1.33 bits per heavy atom. The van der Waals surface area contributed by atoms with Gasteiger partial charge in [0.05, 0.1) is 16.0 Å². The van der Waals surface area contributed by atoms with Gasteiger partial charge in [0.1, 0.15) is 29.5 Å². The van der Waals surface area contributed by atoms with E-state index in [1.807, 2.05) is 0 Å². The molecule has 10 heteroatoms. The number of non-ortho nitro benzene ring substituents is 1. The third-order valence-corrected chi connectivity index (χ3v) is 3.97. The number of hydrogen-bond donors (Lipinski definition) is 1. The van der Waals surface area contributed by atoms with E-state index in [1.54, 1.807) is 19.9 Å². The highest BCUT2D eigenvalue weighted by Crippen LogP contribution is 2.29. The number of hydrogen-bond acceptors (Lipinski definition) is 7. The van der Waals surface area contributed by atoms with Crippen molar-refractivity contribution in [3.05, 3.63) is 68.4 Å². The van der Waals surface area contributed by atoms with Crippen LogP contribution < -0.4 is 10.1 Å². The first-order chi connectivity index (χ1) is 12.8. The van der Waals surface area contributed by atoms with Crippen molar-refractivity contribution >= 4 is 28.9 Å². The van der Waals surface area contributed by atoms with Crippen LogP contribution in [-0.4, -0.2) is 16.0 Å². The number of nitro groups is 1. The van der Waals surface area contributed by atoms with Crippen molar-refractivity contribution in [3.63, 3.8) is 0 Å². The number of ether oxygens (including phenoxy) is 1. The van der Waals surface area contributed by atoms with Gasteiger partial charge in [-0.15, -0.1) is 0 Å². The van der Waals surface area contributed by atoms with Crippen LogP contribution in [0.5, 0.6) is 5.75 Å². The van der Waals surface area contributed by atoms with Crippen LogP contribution in [0.25, 0.3) is 0 Å². The molecule has 3 rings (SSSR count). The molecule has 0 aliphatic carbocycles. The van der Waals surface area contributed by atoms with E-state index in [9.17, 15) is 14.9 Å². The molecule has 1 amide bonds. The number of carbonyl (C=O) groups excluding carboxylic acids is 1. The van der Waals surface area contributed by atoms with E-state index in [1.165, 1.54) is 24.3 Å². The average Bonchev–Trinajstić information content (AvgIpc) is 3.23. The largest absolute Gasteiger partial charge is 0.484 e. The van der Waals surface area contributed by atoms with Crippen molar-refractivity contribution in [1.29, 1.82) is 0 Å². The van der Waals surface area contributed by atoms with E-state index < -0.39 is 10.8 Å². The zero-order valence-electron chi connectivity index (χ0n) is 14.3. The first-order valence-electron chi connectivity index (χ1n) is 7.75. The molecular weight excluding hydrogens is 378 g/mol. The second-order valence-corrected chi connectivity index (χ2v) is 5.99. The van der Waals surface area contributed by atoms with Crippen molar-refractivity contribution in [3.8, 4) is 5.75 Å². The number of rotatable bonds is 6. The highest BCUT2D eigenvalue weighted by Gasteiger charge is 2.17. The number of amides is 1. The van der Waals surface area contributed by atoms with Gasteiger partial charge in [-0.05, 0) is 32.0 Å². The lowest BCUT2D eigenvalue weighted by Crippen LogP contribution is -2.12. The minimum absolute atomic E-state index is 0.0561. The van der Waals surface area contributed by atoms with Gasteiger partial charge in [-0.25, -0.2) is 0 Å². The quantitative estimate of drug-likeness (QED) is 0.491. The number of furan rings is 1. The van der Waals surface area contributed by atoms with Crippen LogP contribution >= 0.6 is 11.6 Å². The van der Waals surface area contributed by atoms with Gasteiger partial charge in [0.2, 0.25) is 0 Å². The summed E-state index contributed by atoms with van der Waals surface area (Å²) < 4.78 is 15.9. The molecule has 9 nitrogen and oxygen atoms in total. The lowest BCUT2D eigenvalue weighted by molar-refractivity contribution is -0.384. The predicted octanol–water partition coefficient (Wildman–Crippen LogP) is 4.28. The fraction of sp³-hybridized carbons (Fsp3) is 0.176. The molecule has 0 unspecified atom stereocenters. The Morgan fingerprint density at radius 3 is 2.78 bits per heavy atom. The van der Waals surface area contributed by atoms with Crippen LogP contribution in [0.1, 0.15) is 27.8 Å². The summed E-state index contributed by atoms with van der Waals surface area (Å²) in [6.07, 6.45) is 0. The van der Waals surface area contributed by atoms with Gasteiger partial charge in [0.25, 0.3) is 11.6 Å². The predicted molar refractivity (Wildman–Crippen MR) is 95.1 cm³/mol. The molecular formula is C17H14ClN3O6. The van der Waals surface area contributed by atoms with Gasteiger partial charge in [-0.2, -0.15) is 0 Å². The summed E-state index contributed by atoms with van der Waals surface area (Å²) in [5.41, 5.74) is 0.891. The van der Waals surface area contributed by atoms with Crippen molar-refractivity contribution < 1.29 is 23.4 Å². The molecule has 0 saturated carbocycles. The van der Waals surface area contributed by atoms with E-state index in [-0.39, 0.29) is 28.8 Å². The number of anilines is 1. The van der Waals surface area contributed by atoms with Crippen LogP contribution in [0.3, 0.4) is 0 Å². The Balaban J connectivity index is 1.67. The zero-order valence-corrected chi connectivity index (χ0v) is 15.1. The Hall–Kier alpha value is -3.33. The molecule has 0 fully saturated rings. The van der Waals surface area contributed by atoms with E-state index in [0.717, 1.165) is 0 Å². The van der Waals surface area contributed by atoms with Gasteiger partial charge in [0.15, 0.2) is 11.5 Å². The molecule has 2 aromatic heterocycles. The Bertz CT molecular complexity index is 991. The molecule has 0 aliphatic rings. The number of benzene rings is 1. The maximum absolute atomic E-state index is 12.3. The molecule has 0 saturated heterocycles. The van der Waals surface area contributed by atoms with Gasteiger partial charge >= 0.3 is 0 Å². The summed E-state index contributed by atoms with van der Waals surface area (Å²) in [6, 6.07) is 6.92. The minimum atomic E-state index is -0.548. The van der Waals surface area contributed by atoms with Gasteiger partial charge in [0, 0.05) is 6.07 Å². The Morgan fingerprint density at radius 2 is 2.11 bits per heavy atom. The third kappa shape index (κ3) is 4.09. The van der Waals surface area contributed by atoms with Crippen LogP contribution in [0.4, 0.5) is 11.4 Å². The van der Waals surface area contributed by atoms with Crippen LogP contribution in [0.15, 0.2) is 39.3 Å². The Kier molecular flexibility index (Phi) is 5.13. The lowest BCUT2D eigenvalue weighted by Gasteiger charge is -2.06. The van der Waals surface area contributed by atoms with Crippen molar-refractivity contribution in [2.24, 2.45) is 0 Å². The number of aryl methyl sites for hydroxylation is 2. The molecule has 1 N–H and O–H groups in total. The first-order valence-corrected chi connectivity index (χ1v) is 8.12. The molecule has 27 heavy (non-hydrogen) atoms. The van der Waals surface area contributed by atoms with Crippen molar-refractivity contribution in [2.75, 3.05) is 5.32 Å². The fourth-order valence-electron chi connectivity index (χ4n) is 2.28. The zero-order chi connectivity index (χ0) is 19.6. The average molecular weight is 392 g/mol.